The number of piperidine rings is 4. The summed E-state index contributed by atoms with van der Waals surface area (Å²) in [6, 6.07) is 9.81. The fourth-order valence-corrected chi connectivity index (χ4v) is 7.21. The van der Waals surface area contributed by atoms with Crippen molar-refractivity contribution in [2.45, 2.75) is 71.6 Å². The Bertz CT molecular complexity index is 851. The Morgan fingerprint density at radius 2 is 1.18 bits per heavy atom. The number of nitrogens with one attached hydrogen (secondary N) is 1. The van der Waals surface area contributed by atoms with Crippen LogP contribution in [0.25, 0.3) is 0 Å². The number of rotatable bonds is 6. The van der Waals surface area contributed by atoms with Gasteiger partial charge in [0.25, 0.3) is 0 Å². The van der Waals surface area contributed by atoms with Gasteiger partial charge in [-0.1, -0.05) is 30.3 Å². The first kappa shape index (κ1) is 31.4. The average molecular weight is 554 g/mol. The normalized spacial score (nSPS) is 22.9. The van der Waals surface area contributed by atoms with Gasteiger partial charge in [0.2, 0.25) is 0 Å². The van der Waals surface area contributed by atoms with Gasteiger partial charge < -0.3 is 34.6 Å². The predicted octanol–water partition coefficient (Wildman–Crippen LogP) is 3.67. The Balaban J connectivity index is 0.000000210. The first-order valence-corrected chi connectivity index (χ1v) is 15.9. The van der Waals surface area contributed by atoms with Crippen LogP contribution in [0, 0.1) is 23.7 Å². The Morgan fingerprint density at radius 3 is 1.62 bits per heavy atom. The van der Waals surface area contributed by atoms with Crippen molar-refractivity contribution in [1.29, 1.82) is 0 Å². The topological polar surface area (TPSA) is 88.5 Å². The van der Waals surface area contributed by atoms with E-state index in [9.17, 15) is 14.8 Å². The van der Waals surface area contributed by atoms with Crippen molar-refractivity contribution < 1.29 is 19.6 Å². The summed E-state index contributed by atoms with van der Waals surface area (Å²) in [5, 5.41) is 22.6. The van der Waals surface area contributed by atoms with Gasteiger partial charge in [-0.2, -0.15) is 0 Å². The molecular formula is C30H52B2N4O4. The van der Waals surface area contributed by atoms with Gasteiger partial charge in [0.1, 0.15) is 6.61 Å². The summed E-state index contributed by atoms with van der Waals surface area (Å²) in [7, 11) is -0.582. The van der Waals surface area contributed by atoms with Crippen molar-refractivity contribution in [3.8, 4) is 0 Å². The van der Waals surface area contributed by atoms with Gasteiger partial charge in [-0.3, -0.25) is 0 Å². The second-order valence-corrected chi connectivity index (χ2v) is 12.5. The molecule has 3 N–H and O–H groups in total. The zero-order valence-electron chi connectivity index (χ0n) is 24.9. The van der Waals surface area contributed by atoms with Crippen LogP contribution >= 0.6 is 0 Å². The fourth-order valence-electron chi connectivity index (χ4n) is 7.21. The van der Waals surface area contributed by atoms with Gasteiger partial charge in [0.15, 0.2) is 0 Å². The molecule has 8 nitrogen and oxygen atoms in total. The van der Waals surface area contributed by atoms with Crippen LogP contribution < -0.4 is 5.32 Å². The molecule has 0 bridgehead atoms. The molecule has 0 aliphatic carbocycles. The second-order valence-electron chi connectivity index (χ2n) is 12.5. The maximum atomic E-state index is 12.2. The molecule has 4 fully saturated rings. The van der Waals surface area contributed by atoms with Crippen molar-refractivity contribution >= 4 is 20.2 Å². The second kappa shape index (κ2) is 16.2. The summed E-state index contributed by atoms with van der Waals surface area (Å²) in [5.74, 6) is 3.30. The van der Waals surface area contributed by atoms with Crippen LogP contribution in [0.2, 0.25) is 13.6 Å². The molecule has 0 aromatic heterocycles. The summed E-state index contributed by atoms with van der Waals surface area (Å²) < 4.78 is 5.44. The third kappa shape index (κ3) is 9.48. The Hall–Kier alpha value is -1.58. The van der Waals surface area contributed by atoms with Crippen LogP contribution in [0.5, 0.6) is 0 Å². The fraction of sp³-hybridized carbons (Fsp3) is 0.767. The van der Waals surface area contributed by atoms with Gasteiger partial charge in [-0.15, -0.1) is 0 Å². The predicted molar refractivity (Wildman–Crippen MR) is 163 cm³/mol. The number of likely N-dealkylation sites (tertiary alicyclic amines) is 1. The Morgan fingerprint density at radius 1 is 0.750 bits per heavy atom. The quantitative estimate of drug-likeness (QED) is 0.463. The highest BCUT2D eigenvalue weighted by Crippen LogP contribution is 2.33. The number of benzene rings is 1. The number of hydrogen-bond donors (Lipinski definition) is 3. The molecule has 222 valence electrons. The number of carbonyl (C=O) groups is 1. The van der Waals surface area contributed by atoms with Crippen LogP contribution in [0.15, 0.2) is 30.3 Å². The van der Waals surface area contributed by atoms with E-state index in [4.69, 9.17) is 4.74 Å². The molecule has 4 aliphatic rings. The highest BCUT2D eigenvalue weighted by atomic mass is 16.6. The van der Waals surface area contributed by atoms with E-state index in [0.717, 1.165) is 88.3 Å². The molecule has 1 aromatic carbocycles. The summed E-state index contributed by atoms with van der Waals surface area (Å²) in [4.78, 5) is 18.4. The largest absolute Gasteiger partial charge is 0.445 e. The smallest absolute Gasteiger partial charge is 0.410 e. The van der Waals surface area contributed by atoms with Crippen molar-refractivity contribution in [1.82, 2.24) is 19.8 Å². The average Bonchev–Trinajstić information content (AvgIpc) is 3.01. The Labute approximate surface area is 243 Å². The summed E-state index contributed by atoms with van der Waals surface area (Å²) in [6.07, 6.45) is 9.57. The molecule has 0 saturated carbocycles. The zero-order valence-corrected chi connectivity index (χ0v) is 24.9. The maximum Gasteiger partial charge on any atom is 0.410 e. The van der Waals surface area contributed by atoms with Gasteiger partial charge in [-0.25, -0.2) is 4.79 Å². The molecule has 10 heteroatoms. The molecule has 4 heterocycles. The third-order valence-electron chi connectivity index (χ3n) is 9.93. The lowest BCUT2D eigenvalue weighted by Gasteiger charge is -2.40. The van der Waals surface area contributed by atoms with Crippen molar-refractivity contribution in [2.75, 3.05) is 52.4 Å². The van der Waals surface area contributed by atoms with Gasteiger partial charge >= 0.3 is 20.2 Å². The molecule has 4 aliphatic heterocycles. The first-order chi connectivity index (χ1) is 19.4. The molecule has 1 aromatic rings. The number of ether oxygens (including phenoxy) is 1. The van der Waals surface area contributed by atoms with Crippen LogP contribution in [0.3, 0.4) is 0 Å². The molecule has 0 radical (unpaired) electrons. The number of amides is 1. The number of nitrogens with zero attached hydrogens (tertiary/aromatic N) is 3. The minimum atomic E-state index is -0.331. The zero-order chi connectivity index (χ0) is 28.3. The summed E-state index contributed by atoms with van der Waals surface area (Å²) in [5.41, 5.74) is 1.02. The van der Waals surface area contributed by atoms with Crippen LogP contribution in [0.1, 0.15) is 56.9 Å². The molecular weight excluding hydrogens is 502 g/mol. The monoisotopic (exact) mass is 554 g/mol. The van der Waals surface area contributed by atoms with Crippen LogP contribution in [-0.2, 0) is 11.3 Å². The molecule has 0 atom stereocenters. The van der Waals surface area contributed by atoms with Gasteiger partial charge in [-0.05, 0) is 134 Å². The van der Waals surface area contributed by atoms with Crippen LogP contribution in [-0.4, -0.2) is 97.1 Å². The number of carbonyl (C=O) groups excluding carboxylic acids is 1. The molecule has 0 unspecified atom stereocenters. The Kier molecular flexibility index (Phi) is 12.7. The van der Waals surface area contributed by atoms with E-state index in [1.165, 1.54) is 38.8 Å². The minimum Gasteiger partial charge on any atom is -0.445 e. The minimum absolute atomic E-state index is 0.189. The van der Waals surface area contributed by atoms with Crippen molar-refractivity contribution in [3.63, 3.8) is 0 Å². The maximum absolute atomic E-state index is 12.2. The SMILES string of the molecule is CB(O)N1CCC(C2CCN(C(=O)OCc3ccccc3)CC2)CC1.CB(O)N1CCC(C2CCNCC2)CC1. The molecule has 0 spiro atoms. The lowest BCUT2D eigenvalue weighted by atomic mass is 9.75. The molecule has 4 saturated heterocycles. The molecule has 40 heavy (non-hydrogen) atoms. The highest BCUT2D eigenvalue weighted by molar-refractivity contribution is 6.45. The highest BCUT2D eigenvalue weighted by Gasteiger charge is 2.33. The first-order valence-electron chi connectivity index (χ1n) is 15.9. The van der Waals surface area contributed by atoms with Crippen molar-refractivity contribution in [2.24, 2.45) is 23.7 Å². The standard InChI is InChI=1S/C19H29BN2O3.C11H23BN2O/c1-20(24)22-13-9-18(10-14-22)17-7-11-21(12-8-17)19(23)25-15-16-5-3-2-4-6-16;1-12(15)14-8-4-11(5-9-14)10-2-6-13-7-3-10/h2-6,17-18,24H,7-15H2,1H3;10-11,13,15H,2-9H2,1H3. The lowest BCUT2D eigenvalue weighted by Crippen LogP contribution is -2.46. The van der Waals surface area contributed by atoms with Gasteiger partial charge in [0, 0.05) is 13.1 Å². The number of hydrogen-bond acceptors (Lipinski definition) is 7. The van der Waals surface area contributed by atoms with E-state index in [1.807, 2.05) is 48.9 Å². The van der Waals surface area contributed by atoms with Crippen LogP contribution in [0.4, 0.5) is 4.79 Å². The van der Waals surface area contributed by atoms with E-state index in [2.05, 4.69) is 14.9 Å². The van der Waals surface area contributed by atoms with E-state index in [-0.39, 0.29) is 20.2 Å². The molecule has 5 rings (SSSR count). The molecule has 1 amide bonds. The van der Waals surface area contributed by atoms with E-state index < -0.39 is 0 Å². The van der Waals surface area contributed by atoms with E-state index in [0.29, 0.717) is 12.5 Å². The van der Waals surface area contributed by atoms with E-state index in [1.54, 1.807) is 0 Å². The van der Waals surface area contributed by atoms with Gasteiger partial charge in [0.05, 0.1) is 0 Å². The summed E-state index contributed by atoms with van der Waals surface area (Å²) >= 11 is 0. The third-order valence-corrected chi connectivity index (χ3v) is 9.93. The van der Waals surface area contributed by atoms with Crippen molar-refractivity contribution in [3.05, 3.63) is 35.9 Å². The summed E-state index contributed by atoms with van der Waals surface area (Å²) in [6.45, 7) is 12.2. The van der Waals surface area contributed by atoms with E-state index >= 15 is 0 Å². The lowest BCUT2D eigenvalue weighted by molar-refractivity contribution is 0.0692.